The highest BCUT2D eigenvalue weighted by Crippen LogP contribution is 2.39. The van der Waals surface area contributed by atoms with Crippen molar-refractivity contribution in [2.75, 3.05) is 26.2 Å². The number of Topliss-reactive ketones (excluding diaryl/α,β-unsaturated/α-hetero) is 2. The molecule has 0 atom stereocenters. The number of hydrogen-bond acceptors (Lipinski definition) is 8. The van der Waals surface area contributed by atoms with Crippen molar-refractivity contribution < 1.29 is 23.5 Å². The molecular weight excluding hydrogens is 567 g/mol. The number of pyridine rings is 2. The number of aromatic nitrogens is 2. The first-order valence-electron chi connectivity index (χ1n) is 14.6. The van der Waals surface area contributed by atoms with Crippen molar-refractivity contribution in [2.45, 2.75) is 45.6 Å². The van der Waals surface area contributed by atoms with Crippen molar-refractivity contribution >= 4 is 39.0 Å². The maximum Gasteiger partial charge on any atom is 0.230 e. The van der Waals surface area contributed by atoms with Crippen LogP contribution in [0.25, 0.3) is 20.8 Å². The summed E-state index contributed by atoms with van der Waals surface area (Å²) in [6.07, 6.45) is 6.54. The molecule has 222 valence electrons. The molecule has 0 bridgehead atoms. The van der Waals surface area contributed by atoms with Gasteiger partial charge in [0.05, 0.1) is 27.2 Å². The van der Waals surface area contributed by atoms with E-state index in [0.717, 1.165) is 58.8 Å². The van der Waals surface area contributed by atoms with E-state index in [-0.39, 0.29) is 36.1 Å². The van der Waals surface area contributed by atoms with E-state index < -0.39 is 5.82 Å². The molecule has 0 unspecified atom stereocenters. The first-order chi connectivity index (χ1) is 20.8. The van der Waals surface area contributed by atoms with Crippen LogP contribution in [-0.4, -0.2) is 63.4 Å². The van der Waals surface area contributed by atoms with Gasteiger partial charge in [-0.2, -0.15) is 0 Å². The van der Waals surface area contributed by atoms with Crippen LogP contribution < -0.4 is 4.74 Å². The zero-order valence-electron chi connectivity index (χ0n) is 24.1. The van der Waals surface area contributed by atoms with E-state index in [9.17, 15) is 18.8 Å². The Bertz CT molecular complexity index is 1660. The van der Waals surface area contributed by atoms with Crippen LogP contribution >= 0.6 is 11.3 Å². The summed E-state index contributed by atoms with van der Waals surface area (Å²) in [4.78, 5) is 49.7. The average Bonchev–Trinajstić information content (AvgIpc) is 3.68. The molecule has 3 aromatic heterocycles. The molecule has 43 heavy (non-hydrogen) atoms. The van der Waals surface area contributed by atoms with Crippen LogP contribution in [0.5, 0.6) is 11.5 Å². The van der Waals surface area contributed by atoms with E-state index in [0.29, 0.717) is 36.7 Å². The van der Waals surface area contributed by atoms with Gasteiger partial charge in [-0.05, 0) is 61.1 Å². The third-order valence-corrected chi connectivity index (χ3v) is 8.98. The number of hydrogen-bond donors (Lipinski definition) is 0. The SMILES string of the molecule is CC(=O)CC(=O)N1CCN(Cc2ccc(-c3cc4nccc(Oc5ccc(CC(=O)CC6CC6)cc5F)c4s3)nc2)CC1. The Hall–Kier alpha value is -4.02. The molecule has 1 aliphatic heterocycles. The number of benzene rings is 1. The number of amides is 1. The number of thiophene rings is 1. The van der Waals surface area contributed by atoms with Gasteiger partial charge >= 0.3 is 0 Å². The second-order valence-electron chi connectivity index (χ2n) is 11.5. The van der Waals surface area contributed by atoms with Crippen LogP contribution in [-0.2, 0) is 27.3 Å². The number of halogens is 1. The Morgan fingerprint density at radius 2 is 1.77 bits per heavy atom. The Balaban J connectivity index is 1.09. The van der Waals surface area contributed by atoms with Gasteiger partial charge in [0.25, 0.3) is 0 Å². The summed E-state index contributed by atoms with van der Waals surface area (Å²) in [5.74, 6) is 0.577. The van der Waals surface area contributed by atoms with Crippen molar-refractivity contribution in [3.05, 3.63) is 71.8 Å². The number of piperazine rings is 1. The molecule has 0 N–H and O–H groups in total. The monoisotopic (exact) mass is 600 g/mol. The number of carbonyl (C=O) groups excluding carboxylic acids is 3. The summed E-state index contributed by atoms with van der Waals surface area (Å²) >= 11 is 1.48. The van der Waals surface area contributed by atoms with Crippen LogP contribution in [0.3, 0.4) is 0 Å². The van der Waals surface area contributed by atoms with Crippen molar-refractivity contribution in [3.8, 4) is 22.1 Å². The fourth-order valence-corrected chi connectivity index (χ4v) is 6.37. The Morgan fingerprint density at radius 3 is 2.47 bits per heavy atom. The first kappa shape index (κ1) is 29.1. The summed E-state index contributed by atoms with van der Waals surface area (Å²) in [6, 6.07) is 12.4. The molecule has 0 spiro atoms. The lowest BCUT2D eigenvalue weighted by molar-refractivity contribution is -0.136. The fraction of sp³-hybridized carbons (Fsp3) is 0.364. The zero-order valence-corrected chi connectivity index (χ0v) is 24.9. The standard InChI is InChI=1S/C33H33FN4O4S/c1-21(39)14-32(41)38-12-10-37(11-13-38)20-24-4-6-27(36-19-24)31-18-28-33(43-31)30(8-9-35-28)42-29-7-5-23(17-26(29)34)16-25(40)15-22-2-3-22/h4-9,17-19,22H,2-3,10-16,20H2,1H3. The van der Waals surface area contributed by atoms with E-state index in [1.165, 1.54) is 24.3 Å². The third-order valence-electron chi connectivity index (χ3n) is 7.82. The molecule has 1 amide bonds. The highest BCUT2D eigenvalue weighted by molar-refractivity contribution is 7.22. The molecule has 6 rings (SSSR count). The van der Waals surface area contributed by atoms with E-state index in [1.54, 1.807) is 29.3 Å². The molecule has 2 fully saturated rings. The van der Waals surface area contributed by atoms with E-state index in [2.05, 4.69) is 16.0 Å². The summed E-state index contributed by atoms with van der Waals surface area (Å²) in [5, 5.41) is 0. The van der Waals surface area contributed by atoms with Gasteiger partial charge in [-0.25, -0.2) is 4.39 Å². The molecule has 8 nitrogen and oxygen atoms in total. The maximum absolute atomic E-state index is 14.9. The van der Waals surface area contributed by atoms with E-state index in [1.807, 2.05) is 18.3 Å². The molecule has 2 aliphatic rings. The zero-order chi connectivity index (χ0) is 29.9. The number of rotatable bonds is 11. The van der Waals surface area contributed by atoms with Crippen molar-refractivity contribution in [1.29, 1.82) is 0 Å². The van der Waals surface area contributed by atoms with Gasteiger partial charge in [-0.15, -0.1) is 11.3 Å². The molecule has 1 saturated heterocycles. The van der Waals surface area contributed by atoms with Crippen LogP contribution in [0.4, 0.5) is 4.39 Å². The van der Waals surface area contributed by atoms with Crippen LogP contribution in [0.2, 0.25) is 0 Å². The van der Waals surface area contributed by atoms with Crippen LogP contribution in [0.1, 0.15) is 43.7 Å². The number of nitrogens with zero attached hydrogens (tertiary/aromatic N) is 4. The number of ether oxygens (including phenoxy) is 1. The lowest BCUT2D eigenvalue weighted by Crippen LogP contribution is -2.48. The van der Waals surface area contributed by atoms with Gasteiger partial charge in [0.15, 0.2) is 11.6 Å². The van der Waals surface area contributed by atoms with Gasteiger partial charge in [-0.3, -0.25) is 29.3 Å². The number of carbonyl (C=O) groups is 3. The molecule has 4 aromatic rings. The Morgan fingerprint density at radius 1 is 0.977 bits per heavy atom. The van der Waals surface area contributed by atoms with Gasteiger partial charge in [0.2, 0.25) is 5.91 Å². The molecule has 4 heterocycles. The summed E-state index contributed by atoms with van der Waals surface area (Å²) < 4.78 is 21.7. The predicted molar refractivity (Wildman–Crippen MR) is 163 cm³/mol. The summed E-state index contributed by atoms with van der Waals surface area (Å²) in [6.45, 7) is 4.90. The van der Waals surface area contributed by atoms with Gasteiger partial charge in [0.1, 0.15) is 17.3 Å². The van der Waals surface area contributed by atoms with Gasteiger partial charge < -0.3 is 9.64 Å². The fourth-order valence-electron chi connectivity index (χ4n) is 5.32. The maximum atomic E-state index is 14.9. The quantitative estimate of drug-likeness (QED) is 0.200. The lowest BCUT2D eigenvalue weighted by atomic mass is 10.0. The lowest BCUT2D eigenvalue weighted by Gasteiger charge is -2.34. The van der Waals surface area contributed by atoms with Crippen LogP contribution in [0.15, 0.2) is 54.9 Å². The third kappa shape index (κ3) is 7.32. The molecule has 1 saturated carbocycles. The molecule has 1 aliphatic carbocycles. The highest BCUT2D eigenvalue weighted by Gasteiger charge is 2.25. The second-order valence-corrected chi connectivity index (χ2v) is 12.5. The highest BCUT2D eigenvalue weighted by atomic mass is 32.1. The molecule has 10 heteroatoms. The van der Waals surface area contributed by atoms with Gasteiger partial charge in [-0.1, -0.05) is 12.1 Å². The van der Waals surface area contributed by atoms with Crippen molar-refractivity contribution in [1.82, 2.24) is 19.8 Å². The Labute approximate surface area is 253 Å². The van der Waals surface area contributed by atoms with E-state index in [4.69, 9.17) is 9.72 Å². The topological polar surface area (TPSA) is 92.7 Å². The minimum atomic E-state index is -0.500. The van der Waals surface area contributed by atoms with Crippen LogP contribution in [0, 0.1) is 11.7 Å². The largest absolute Gasteiger partial charge is 0.453 e. The average molecular weight is 601 g/mol. The molecule has 1 aromatic carbocycles. The normalized spacial score (nSPS) is 15.5. The minimum absolute atomic E-state index is 0.0281. The second kappa shape index (κ2) is 12.7. The number of ketones is 2. The minimum Gasteiger partial charge on any atom is -0.453 e. The first-order valence-corrected chi connectivity index (χ1v) is 15.4. The van der Waals surface area contributed by atoms with E-state index >= 15 is 0 Å². The Kier molecular flexibility index (Phi) is 8.58. The summed E-state index contributed by atoms with van der Waals surface area (Å²) in [5.41, 5.74) is 3.28. The molecular formula is C33H33FN4O4S. The summed E-state index contributed by atoms with van der Waals surface area (Å²) in [7, 11) is 0. The van der Waals surface area contributed by atoms with Crippen molar-refractivity contribution in [2.24, 2.45) is 5.92 Å². The number of fused-ring (bicyclic) bond motifs is 1. The van der Waals surface area contributed by atoms with Gasteiger partial charge in [0, 0.05) is 64.0 Å². The molecule has 0 radical (unpaired) electrons. The smallest absolute Gasteiger partial charge is 0.230 e. The predicted octanol–water partition coefficient (Wildman–Crippen LogP) is 5.82. The van der Waals surface area contributed by atoms with Crippen molar-refractivity contribution in [3.63, 3.8) is 0 Å².